The highest BCUT2D eigenvalue weighted by Gasteiger charge is 1.88. The molecule has 1 unspecified atom stereocenters. The summed E-state index contributed by atoms with van der Waals surface area (Å²) in [5.74, 6) is 0.537. The lowest BCUT2D eigenvalue weighted by Crippen LogP contribution is -1.90. The first-order valence-electron chi connectivity index (χ1n) is 3.50. The highest BCUT2D eigenvalue weighted by atomic mass is 14.7. The van der Waals surface area contributed by atoms with Gasteiger partial charge in [-0.2, -0.15) is 0 Å². The topological polar surface area (TPSA) is 36.2 Å². The van der Waals surface area contributed by atoms with Crippen molar-refractivity contribution in [1.29, 1.82) is 5.41 Å². The standard InChI is InChI=1S/C8H14N2/c1-3-8(2)7-10-6-4-5-9/h4-9H,3H2,1-2H3/b6-4-,9-5?,10-7?. The minimum absolute atomic E-state index is 0.537. The Morgan fingerprint density at radius 2 is 2.30 bits per heavy atom. The van der Waals surface area contributed by atoms with Crippen molar-refractivity contribution in [2.24, 2.45) is 10.9 Å². The van der Waals surface area contributed by atoms with E-state index >= 15 is 0 Å². The molecule has 56 valence electrons. The van der Waals surface area contributed by atoms with Gasteiger partial charge in [-0.05, 0) is 18.4 Å². The van der Waals surface area contributed by atoms with Crippen molar-refractivity contribution in [2.75, 3.05) is 0 Å². The number of hydrogen-bond acceptors (Lipinski definition) is 2. The van der Waals surface area contributed by atoms with Crippen molar-refractivity contribution in [2.45, 2.75) is 20.3 Å². The fourth-order valence-corrected chi connectivity index (χ4v) is 0.395. The number of nitrogens with zero attached hydrogens (tertiary/aromatic N) is 1. The van der Waals surface area contributed by atoms with Crippen molar-refractivity contribution < 1.29 is 0 Å². The summed E-state index contributed by atoms with van der Waals surface area (Å²) in [7, 11) is 0. The van der Waals surface area contributed by atoms with Gasteiger partial charge in [-0.15, -0.1) is 0 Å². The van der Waals surface area contributed by atoms with Crippen LogP contribution in [-0.4, -0.2) is 12.4 Å². The van der Waals surface area contributed by atoms with E-state index < -0.39 is 0 Å². The van der Waals surface area contributed by atoms with Gasteiger partial charge in [0.15, 0.2) is 0 Å². The first-order chi connectivity index (χ1) is 4.81. The van der Waals surface area contributed by atoms with Gasteiger partial charge in [0.2, 0.25) is 0 Å². The first-order valence-corrected chi connectivity index (χ1v) is 3.50. The maximum absolute atomic E-state index is 6.65. The molecule has 0 bridgehead atoms. The molecule has 0 amide bonds. The van der Waals surface area contributed by atoms with Crippen molar-refractivity contribution in [3.8, 4) is 0 Å². The molecule has 0 saturated carbocycles. The Kier molecular flexibility index (Phi) is 5.63. The molecule has 0 saturated heterocycles. The molecule has 0 aliphatic carbocycles. The average Bonchev–Trinajstić information content (AvgIpc) is 1.98. The van der Waals surface area contributed by atoms with Gasteiger partial charge >= 0.3 is 0 Å². The van der Waals surface area contributed by atoms with Crippen LogP contribution in [0.25, 0.3) is 0 Å². The van der Waals surface area contributed by atoms with E-state index in [1.807, 2.05) is 6.21 Å². The number of allylic oxidation sites excluding steroid dienone is 1. The maximum Gasteiger partial charge on any atom is 0.0279 e. The van der Waals surface area contributed by atoms with Crippen LogP contribution in [-0.2, 0) is 0 Å². The van der Waals surface area contributed by atoms with E-state index in [0.717, 1.165) is 6.42 Å². The highest BCUT2D eigenvalue weighted by molar-refractivity contribution is 5.68. The van der Waals surface area contributed by atoms with Gasteiger partial charge in [0.25, 0.3) is 0 Å². The molecule has 0 aromatic rings. The molecule has 2 nitrogen and oxygen atoms in total. The highest BCUT2D eigenvalue weighted by Crippen LogP contribution is 1.94. The van der Waals surface area contributed by atoms with Crippen molar-refractivity contribution in [3.05, 3.63) is 12.3 Å². The molecule has 0 radical (unpaired) electrons. The van der Waals surface area contributed by atoms with Gasteiger partial charge < -0.3 is 5.41 Å². The summed E-state index contributed by atoms with van der Waals surface area (Å²) >= 11 is 0. The molecule has 0 aromatic heterocycles. The number of aliphatic imine (C=N–C) groups is 1. The van der Waals surface area contributed by atoms with E-state index in [1.165, 1.54) is 6.21 Å². The summed E-state index contributed by atoms with van der Waals surface area (Å²) in [6.45, 7) is 4.23. The third-order valence-electron chi connectivity index (χ3n) is 1.25. The van der Waals surface area contributed by atoms with E-state index in [-0.39, 0.29) is 0 Å². The summed E-state index contributed by atoms with van der Waals surface area (Å²) in [6, 6.07) is 0. The van der Waals surface area contributed by atoms with Gasteiger partial charge in [-0.25, -0.2) is 0 Å². The van der Waals surface area contributed by atoms with Gasteiger partial charge in [0.05, 0.1) is 0 Å². The van der Waals surface area contributed by atoms with Crippen molar-refractivity contribution in [1.82, 2.24) is 0 Å². The minimum atomic E-state index is 0.537. The smallest absolute Gasteiger partial charge is 0.0279 e. The lowest BCUT2D eigenvalue weighted by Gasteiger charge is -1.95. The summed E-state index contributed by atoms with van der Waals surface area (Å²) in [5.41, 5.74) is 0. The largest absolute Gasteiger partial charge is 0.309 e. The van der Waals surface area contributed by atoms with Gasteiger partial charge in [0.1, 0.15) is 0 Å². The second kappa shape index (κ2) is 6.20. The van der Waals surface area contributed by atoms with Crippen LogP contribution in [0.3, 0.4) is 0 Å². The Morgan fingerprint density at radius 1 is 1.60 bits per heavy atom. The zero-order chi connectivity index (χ0) is 7.82. The molecule has 1 atom stereocenters. The molecular weight excluding hydrogens is 124 g/mol. The van der Waals surface area contributed by atoms with E-state index in [0.29, 0.717) is 5.92 Å². The van der Waals surface area contributed by atoms with Gasteiger partial charge in [-0.3, -0.25) is 4.99 Å². The van der Waals surface area contributed by atoms with E-state index in [4.69, 9.17) is 5.41 Å². The molecular formula is C8H14N2. The second-order valence-corrected chi connectivity index (χ2v) is 2.19. The summed E-state index contributed by atoms with van der Waals surface area (Å²) < 4.78 is 0. The van der Waals surface area contributed by atoms with Crippen LogP contribution in [0, 0.1) is 11.3 Å². The Hall–Kier alpha value is -0.920. The number of hydrogen-bond donors (Lipinski definition) is 1. The van der Waals surface area contributed by atoms with Gasteiger partial charge in [0, 0.05) is 18.6 Å². The number of nitrogens with one attached hydrogen (secondary N) is 1. The van der Waals surface area contributed by atoms with Crippen molar-refractivity contribution in [3.63, 3.8) is 0 Å². The fraction of sp³-hybridized carbons (Fsp3) is 0.500. The average molecular weight is 138 g/mol. The van der Waals surface area contributed by atoms with Crippen LogP contribution >= 0.6 is 0 Å². The molecule has 2 heteroatoms. The van der Waals surface area contributed by atoms with E-state index in [9.17, 15) is 0 Å². The van der Waals surface area contributed by atoms with Crippen LogP contribution in [0.5, 0.6) is 0 Å². The molecule has 0 fully saturated rings. The normalized spacial score (nSPS) is 14.6. The fourth-order valence-electron chi connectivity index (χ4n) is 0.395. The van der Waals surface area contributed by atoms with E-state index in [1.54, 1.807) is 12.3 Å². The Bertz CT molecular complexity index is 136. The predicted octanol–water partition coefficient (Wildman–Crippen LogP) is 2.27. The maximum atomic E-state index is 6.65. The van der Waals surface area contributed by atoms with Crippen LogP contribution in [0.2, 0.25) is 0 Å². The van der Waals surface area contributed by atoms with Crippen molar-refractivity contribution >= 4 is 12.4 Å². The van der Waals surface area contributed by atoms with Crippen LogP contribution in [0.15, 0.2) is 17.3 Å². The second-order valence-electron chi connectivity index (χ2n) is 2.19. The third-order valence-corrected chi connectivity index (χ3v) is 1.25. The van der Waals surface area contributed by atoms with Crippen LogP contribution in [0.1, 0.15) is 20.3 Å². The van der Waals surface area contributed by atoms with Crippen LogP contribution < -0.4 is 0 Å². The van der Waals surface area contributed by atoms with E-state index in [2.05, 4.69) is 18.8 Å². The summed E-state index contributed by atoms with van der Waals surface area (Å²) in [5, 5.41) is 6.65. The lowest BCUT2D eigenvalue weighted by molar-refractivity contribution is 0.754. The molecule has 0 aromatic carbocycles. The zero-order valence-corrected chi connectivity index (χ0v) is 6.54. The molecule has 10 heavy (non-hydrogen) atoms. The monoisotopic (exact) mass is 138 g/mol. The molecule has 0 aliphatic rings. The number of rotatable bonds is 4. The Morgan fingerprint density at radius 3 is 2.80 bits per heavy atom. The zero-order valence-electron chi connectivity index (χ0n) is 6.54. The molecule has 0 heterocycles. The summed E-state index contributed by atoms with van der Waals surface area (Å²) in [4.78, 5) is 3.98. The van der Waals surface area contributed by atoms with Gasteiger partial charge in [-0.1, -0.05) is 13.8 Å². The Labute approximate surface area is 62.2 Å². The minimum Gasteiger partial charge on any atom is -0.309 e. The summed E-state index contributed by atoms with van der Waals surface area (Å²) in [6.07, 6.45) is 7.44. The Balaban J connectivity index is 3.54. The molecule has 0 rings (SSSR count). The predicted molar refractivity (Wildman–Crippen MR) is 45.9 cm³/mol. The first kappa shape index (κ1) is 9.08. The van der Waals surface area contributed by atoms with Crippen LogP contribution in [0.4, 0.5) is 0 Å². The SMILES string of the molecule is CCC(C)C=N/C=C\C=N. The third kappa shape index (κ3) is 5.22. The molecule has 0 spiro atoms. The lowest BCUT2D eigenvalue weighted by atomic mass is 10.1. The quantitative estimate of drug-likeness (QED) is 0.578. The molecule has 0 aliphatic heterocycles. The molecule has 1 N–H and O–H groups in total.